The first-order valence-corrected chi connectivity index (χ1v) is 8.14. The van der Waals surface area contributed by atoms with Crippen molar-refractivity contribution in [1.29, 1.82) is 0 Å². The van der Waals surface area contributed by atoms with Gasteiger partial charge in [0, 0.05) is 23.0 Å². The lowest BCUT2D eigenvalue weighted by molar-refractivity contribution is 0.136. The van der Waals surface area contributed by atoms with Crippen molar-refractivity contribution in [3.8, 4) is 0 Å². The van der Waals surface area contributed by atoms with E-state index in [1.54, 1.807) is 24.2 Å². The number of fused-ring (bicyclic) bond motifs is 1. The van der Waals surface area contributed by atoms with Gasteiger partial charge in [-0.15, -0.1) is 0 Å². The molecule has 0 N–H and O–H groups in total. The Morgan fingerprint density at radius 2 is 1.95 bits per heavy atom. The lowest BCUT2D eigenvalue weighted by Gasteiger charge is -2.06. The summed E-state index contributed by atoms with van der Waals surface area (Å²) in [6.07, 6.45) is 3.54. The van der Waals surface area contributed by atoms with E-state index in [0.717, 1.165) is 27.5 Å². The second-order valence-electron chi connectivity index (χ2n) is 4.87. The highest BCUT2D eigenvalue weighted by molar-refractivity contribution is 7.99. The van der Waals surface area contributed by atoms with Crippen LogP contribution >= 0.6 is 11.8 Å². The summed E-state index contributed by atoms with van der Waals surface area (Å²) in [4.78, 5) is 13.2. The first kappa shape index (κ1) is 14.9. The fourth-order valence-electron chi connectivity index (χ4n) is 2.13. The standard InChI is InChI=1S/C17H17N3OS/c1-13-15-7-8-18-11-16(15)20-17(19-13)22-10-9-21-12-14-5-3-2-4-6-14/h2-8,11H,9-10,12H2,1H3. The first-order valence-electron chi connectivity index (χ1n) is 7.16. The van der Waals surface area contributed by atoms with Crippen molar-refractivity contribution in [3.05, 3.63) is 60.0 Å². The molecule has 0 fully saturated rings. The summed E-state index contributed by atoms with van der Waals surface area (Å²) >= 11 is 1.61. The number of pyridine rings is 1. The van der Waals surface area contributed by atoms with Crippen molar-refractivity contribution < 1.29 is 4.74 Å². The molecular weight excluding hydrogens is 294 g/mol. The molecule has 0 aliphatic heterocycles. The van der Waals surface area contributed by atoms with E-state index >= 15 is 0 Å². The predicted octanol–water partition coefficient (Wildman–Crippen LogP) is 3.64. The molecule has 0 spiro atoms. The third-order valence-corrected chi connectivity index (χ3v) is 4.05. The molecule has 0 saturated heterocycles. The lowest BCUT2D eigenvalue weighted by Crippen LogP contribution is -2.00. The molecule has 2 heterocycles. The zero-order valence-electron chi connectivity index (χ0n) is 12.4. The number of rotatable bonds is 6. The zero-order valence-corrected chi connectivity index (χ0v) is 13.2. The number of ether oxygens (including phenoxy) is 1. The Balaban J connectivity index is 1.51. The smallest absolute Gasteiger partial charge is 0.188 e. The number of hydrogen-bond acceptors (Lipinski definition) is 5. The Kier molecular flexibility index (Phi) is 4.98. The van der Waals surface area contributed by atoms with E-state index in [4.69, 9.17) is 4.74 Å². The molecule has 112 valence electrons. The average Bonchev–Trinajstić information content (AvgIpc) is 2.56. The average molecular weight is 311 g/mol. The van der Waals surface area contributed by atoms with E-state index in [9.17, 15) is 0 Å². The molecular formula is C17H17N3OS. The van der Waals surface area contributed by atoms with Gasteiger partial charge in [-0.05, 0) is 18.6 Å². The molecule has 3 rings (SSSR count). The van der Waals surface area contributed by atoms with Gasteiger partial charge in [-0.3, -0.25) is 4.98 Å². The summed E-state index contributed by atoms with van der Waals surface area (Å²) in [5.41, 5.74) is 3.07. The van der Waals surface area contributed by atoms with Crippen molar-refractivity contribution in [1.82, 2.24) is 15.0 Å². The van der Waals surface area contributed by atoms with Gasteiger partial charge in [-0.1, -0.05) is 42.1 Å². The summed E-state index contributed by atoms with van der Waals surface area (Å²) in [5.74, 6) is 0.831. The summed E-state index contributed by atoms with van der Waals surface area (Å²) in [5, 5.41) is 1.83. The Labute approximate surface area is 134 Å². The number of hydrogen-bond donors (Lipinski definition) is 0. The molecule has 0 radical (unpaired) electrons. The molecule has 3 aromatic rings. The molecule has 0 atom stereocenters. The van der Waals surface area contributed by atoms with Crippen LogP contribution in [-0.4, -0.2) is 27.3 Å². The van der Waals surface area contributed by atoms with Gasteiger partial charge in [0.2, 0.25) is 0 Å². The minimum absolute atomic E-state index is 0.642. The molecule has 0 unspecified atom stereocenters. The van der Waals surface area contributed by atoms with E-state index in [-0.39, 0.29) is 0 Å². The van der Waals surface area contributed by atoms with E-state index in [2.05, 4.69) is 27.1 Å². The maximum Gasteiger partial charge on any atom is 0.188 e. The lowest BCUT2D eigenvalue weighted by atomic mass is 10.2. The van der Waals surface area contributed by atoms with Gasteiger partial charge in [0.25, 0.3) is 0 Å². The maximum atomic E-state index is 5.67. The summed E-state index contributed by atoms with van der Waals surface area (Å²) in [7, 11) is 0. The molecule has 0 aliphatic carbocycles. The Hall–Kier alpha value is -1.98. The van der Waals surface area contributed by atoms with Crippen LogP contribution in [0.2, 0.25) is 0 Å². The molecule has 4 nitrogen and oxygen atoms in total. The van der Waals surface area contributed by atoms with E-state index < -0.39 is 0 Å². The third kappa shape index (κ3) is 3.81. The van der Waals surface area contributed by atoms with Crippen molar-refractivity contribution in [2.45, 2.75) is 18.7 Å². The van der Waals surface area contributed by atoms with E-state index in [1.165, 1.54) is 5.56 Å². The Bertz CT molecular complexity index is 749. The summed E-state index contributed by atoms with van der Waals surface area (Å²) < 4.78 is 5.67. The first-order chi connectivity index (χ1) is 10.8. The molecule has 0 amide bonds. The molecule has 22 heavy (non-hydrogen) atoms. The minimum atomic E-state index is 0.642. The quantitative estimate of drug-likeness (QED) is 0.395. The van der Waals surface area contributed by atoms with Crippen LogP contribution in [-0.2, 0) is 11.3 Å². The van der Waals surface area contributed by atoms with Crippen LogP contribution in [0.15, 0.2) is 53.9 Å². The van der Waals surface area contributed by atoms with Gasteiger partial charge in [0.05, 0.1) is 24.9 Å². The van der Waals surface area contributed by atoms with Crippen molar-refractivity contribution >= 4 is 22.7 Å². The predicted molar refractivity (Wildman–Crippen MR) is 88.9 cm³/mol. The Morgan fingerprint density at radius 3 is 2.82 bits per heavy atom. The summed E-state index contributed by atoms with van der Waals surface area (Å²) in [6.45, 7) is 3.32. The van der Waals surface area contributed by atoms with Crippen molar-refractivity contribution in [3.63, 3.8) is 0 Å². The maximum absolute atomic E-state index is 5.67. The monoisotopic (exact) mass is 311 g/mol. The molecule has 0 aliphatic rings. The number of aryl methyl sites for hydroxylation is 1. The topological polar surface area (TPSA) is 47.9 Å². The highest BCUT2D eigenvalue weighted by Crippen LogP contribution is 2.19. The summed E-state index contributed by atoms with van der Waals surface area (Å²) in [6, 6.07) is 12.1. The van der Waals surface area contributed by atoms with Gasteiger partial charge in [-0.25, -0.2) is 9.97 Å². The highest BCUT2D eigenvalue weighted by Gasteiger charge is 2.04. The largest absolute Gasteiger partial charge is 0.376 e. The van der Waals surface area contributed by atoms with E-state index in [1.807, 2.05) is 31.2 Å². The van der Waals surface area contributed by atoms with Crippen LogP contribution in [0.4, 0.5) is 0 Å². The van der Waals surface area contributed by atoms with Crippen LogP contribution in [0.3, 0.4) is 0 Å². The highest BCUT2D eigenvalue weighted by atomic mass is 32.2. The van der Waals surface area contributed by atoms with Crippen LogP contribution in [0, 0.1) is 6.92 Å². The number of benzene rings is 1. The SMILES string of the molecule is Cc1nc(SCCOCc2ccccc2)nc2cnccc12. The minimum Gasteiger partial charge on any atom is -0.376 e. The van der Waals surface area contributed by atoms with Gasteiger partial charge in [-0.2, -0.15) is 0 Å². The second-order valence-corrected chi connectivity index (χ2v) is 5.93. The second kappa shape index (κ2) is 7.33. The van der Waals surface area contributed by atoms with Crippen LogP contribution in [0.1, 0.15) is 11.3 Å². The number of aromatic nitrogens is 3. The van der Waals surface area contributed by atoms with Crippen LogP contribution in [0.25, 0.3) is 10.9 Å². The fourth-order valence-corrected chi connectivity index (χ4v) is 2.88. The zero-order chi connectivity index (χ0) is 15.2. The van der Waals surface area contributed by atoms with Gasteiger partial charge in [0.15, 0.2) is 5.16 Å². The molecule has 1 aromatic carbocycles. The molecule has 0 bridgehead atoms. The van der Waals surface area contributed by atoms with Crippen LogP contribution in [0.5, 0.6) is 0 Å². The Morgan fingerprint density at radius 1 is 1.09 bits per heavy atom. The fraction of sp³-hybridized carbons (Fsp3) is 0.235. The van der Waals surface area contributed by atoms with Gasteiger partial charge < -0.3 is 4.74 Å². The normalized spacial score (nSPS) is 11.0. The van der Waals surface area contributed by atoms with E-state index in [0.29, 0.717) is 13.2 Å². The number of thioether (sulfide) groups is 1. The molecule has 2 aromatic heterocycles. The number of nitrogens with zero attached hydrogens (tertiary/aromatic N) is 3. The molecule has 0 saturated carbocycles. The van der Waals surface area contributed by atoms with Crippen LogP contribution < -0.4 is 0 Å². The van der Waals surface area contributed by atoms with Gasteiger partial charge in [0.1, 0.15) is 0 Å². The molecule has 5 heteroatoms. The van der Waals surface area contributed by atoms with Crippen molar-refractivity contribution in [2.75, 3.05) is 12.4 Å². The van der Waals surface area contributed by atoms with Crippen molar-refractivity contribution in [2.24, 2.45) is 0 Å². The van der Waals surface area contributed by atoms with Gasteiger partial charge >= 0.3 is 0 Å². The third-order valence-electron chi connectivity index (χ3n) is 3.24.